The van der Waals surface area contributed by atoms with Crippen LogP contribution in [-0.4, -0.2) is 73.5 Å². The Balaban J connectivity index is 1.05. The van der Waals surface area contributed by atoms with E-state index in [1.165, 1.54) is 5.56 Å². The van der Waals surface area contributed by atoms with Crippen molar-refractivity contribution in [1.82, 2.24) is 15.1 Å². The van der Waals surface area contributed by atoms with Crippen LogP contribution in [0.1, 0.15) is 41.6 Å². The zero-order chi connectivity index (χ0) is 23.3. The molecular formula is C27H35N5O2. The van der Waals surface area contributed by atoms with Crippen LogP contribution in [0.15, 0.2) is 48.5 Å². The fourth-order valence-corrected chi connectivity index (χ4v) is 5.36. The third-order valence-corrected chi connectivity index (χ3v) is 7.28. The van der Waals surface area contributed by atoms with Crippen LogP contribution in [0.5, 0.6) is 0 Å². The lowest BCUT2D eigenvalue weighted by atomic mass is 9.97. The predicted octanol–water partition coefficient (Wildman–Crippen LogP) is 2.94. The number of piperidine rings is 1. The van der Waals surface area contributed by atoms with Crippen LogP contribution in [0, 0.1) is 0 Å². The maximum Gasteiger partial charge on any atom is 0.251 e. The van der Waals surface area contributed by atoms with Gasteiger partial charge in [0.25, 0.3) is 5.91 Å². The number of hydrogen-bond acceptors (Lipinski definition) is 5. The maximum absolute atomic E-state index is 12.7. The van der Waals surface area contributed by atoms with E-state index in [1.54, 1.807) is 0 Å². The minimum absolute atomic E-state index is 0.0497. The van der Waals surface area contributed by atoms with Crippen molar-refractivity contribution in [3.05, 3.63) is 59.7 Å². The molecule has 7 nitrogen and oxygen atoms in total. The normalized spacial score (nSPS) is 20.9. The number of nitrogens with zero attached hydrogens (tertiary/aromatic N) is 3. The average Bonchev–Trinajstić information content (AvgIpc) is 2.88. The second-order valence-corrected chi connectivity index (χ2v) is 9.64. The number of nitrogens with one attached hydrogen (secondary N) is 2. The van der Waals surface area contributed by atoms with E-state index in [4.69, 9.17) is 0 Å². The SMILES string of the molecule is O=C(NCCCN1CCN(Cc2ccccc2)CC1)c1ccc2c(c1)NC(=O)C1CCCCN21. The minimum atomic E-state index is -0.0782. The molecule has 0 aliphatic carbocycles. The van der Waals surface area contributed by atoms with E-state index in [2.05, 4.69) is 55.7 Å². The van der Waals surface area contributed by atoms with Gasteiger partial charge in [0.2, 0.25) is 5.91 Å². The van der Waals surface area contributed by atoms with Crippen molar-refractivity contribution in [3.8, 4) is 0 Å². The standard InChI is InChI=1S/C27H35N5O2/c33-26(22-10-11-24-23(19-22)29-27(34)25-9-4-5-14-32(24)25)28-12-6-13-30-15-17-31(18-16-30)20-21-7-2-1-3-8-21/h1-3,7-8,10-11,19,25H,4-6,9,12-18,20H2,(H,28,33)(H,29,34). The first-order chi connectivity index (χ1) is 16.7. The van der Waals surface area contributed by atoms with Gasteiger partial charge in [-0.3, -0.25) is 14.5 Å². The van der Waals surface area contributed by atoms with Crippen molar-refractivity contribution in [3.63, 3.8) is 0 Å². The summed E-state index contributed by atoms with van der Waals surface area (Å²) in [7, 11) is 0. The highest BCUT2D eigenvalue weighted by molar-refractivity contribution is 6.05. The van der Waals surface area contributed by atoms with Crippen molar-refractivity contribution < 1.29 is 9.59 Å². The van der Waals surface area contributed by atoms with Crippen LogP contribution in [0.4, 0.5) is 11.4 Å². The van der Waals surface area contributed by atoms with Gasteiger partial charge in [-0.2, -0.15) is 0 Å². The lowest BCUT2D eigenvalue weighted by molar-refractivity contribution is -0.118. The lowest BCUT2D eigenvalue weighted by Crippen LogP contribution is -2.50. The number of carbonyl (C=O) groups excluding carboxylic acids is 2. The molecule has 1 atom stereocenters. The van der Waals surface area contributed by atoms with E-state index in [-0.39, 0.29) is 17.9 Å². The fraction of sp³-hybridized carbons (Fsp3) is 0.481. The van der Waals surface area contributed by atoms with E-state index < -0.39 is 0 Å². The Morgan fingerprint density at radius 1 is 0.971 bits per heavy atom. The summed E-state index contributed by atoms with van der Waals surface area (Å²) in [5.41, 5.74) is 3.76. The molecule has 2 aromatic carbocycles. The minimum Gasteiger partial charge on any atom is -0.358 e. The first kappa shape index (κ1) is 22.9. The lowest BCUT2D eigenvalue weighted by Gasteiger charge is -2.41. The molecule has 2 saturated heterocycles. The number of hydrogen-bond donors (Lipinski definition) is 2. The molecule has 3 aliphatic rings. The summed E-state index contributed by atoms with van der Waals surface area (Å²) in [6.45, 7) is 7.88. The summed E-state index contributed by atoms with van der Waals surface area (Å²) in [5.74, 6) is -0.0286. The summed E-state index contributed by atoms with van der Waals surface area (Å²) < 4.78 is 0. The highest BCUT2D eigenvalue weighted by Crippen LogP contribution is 2.36. The van der Waals surface area contributed by atoms with Crippen molar-refractivity contribution in [2.75, 3.05) is 56.0 Å². The van der Waals surface area contributed by atoms with Gasteiger partial charge in [-0.1, -0.05) is 30.3 Å². The Morgan fingerprint density at radius 3 is 2.59 bits per heavy atom. The largest absolute Gasteiger partial charge is 0.358 e. The first-order valence-corrected chi connectivity index (χ1v) is 12.7. The molecule has 0 bridgehead atoms. The highest BCUT2D eigenvalue weighted by atomic mass is 16.2. The topological polar surface area (TPSA) is 67.9 Å². The van der Waals surface area contributed by atoms with Gasteiger partial charge in [-0.25, -0.2) is 0 Å². The smallest absolute Gasteiger partial charge is 0.251 e. The fourth-order valence-electron chi connectivity index (χ4n) is 5.36. The number of carbonyl (C=O) groups is 2. The Morgan fingerprint density at radius 2 is 1.76 bits per heavy atom. The molecule has 3 heterocycles. The molecule has 5 rings (SSSR count). The molecule has 2 N–H and O–H groups in total. The van der Waals surface area contributed by atoms with E-state index >= 15 is 0 Å². The molecule has 7 heteroatoms. The third-order valence-electron chi connectivity index (χ3n) is 7.28. The molecule has 1 unspecified atom stereocenters. The van der Waals surface area contributed by atoms with Gasteiger partial charge in [0.15, 0.2) is 0 Å². The Bertz CT molecular complexity index is 1000. The van der Waals surface area contributed by atoms with E-state index in [0.717, 1.165) is 82.9 Å². The summed E-state index contributed by atoms with van der Waals surface area (Å²) in [6, 6.07) is 16.3. The molecule has 2 amide bonds. The molecule has 0 spiro atoms. The number of benzene rings is 2. The Kier molecular flexibility index (Phi) is 7.11. The van der Waals surface area contributed by atoms with Crippen molar-refractivity contribution in [2.45, 2.75) is 38.3 Å². The summed E-state index contributed by atoms with van der Waals surface area (Å²) in [6.07, 6.45) is 4.03. The molecule has 0 saturated carbocycles. The average molecular weight is 462 g/mol. The van der Waals surface area contributed by atoms with Crippen molar-refractivity contribution in [1.29, 1.82) is 0 Å². The number of fused-ring (bicyclic) bond motifs is 3. The maximum atomic E-state index is 12.7. The van der Waals surface area contributed by atoms with Crippen LogP contribution in [0.25, 0.3) is 0 Å². The summed E-state index contributed by atoms with van der Waals surface area (Å²) in [5, 5.41) is 6.06. The number of rotatable bonds is 7. The van der Waals surface area contributed by atoms with Crippen LogP contribution in [0.3, 0.4) is 0 Å². The van der Waals surface area contributed by atoms with Gasteiger partial charge in [0.05, 0.1) is 11.4 Å². The molecule has 3 aliphatic heterocycles. The summed E-state index contributed by atoms with van der Waals surface area (Å²) >= 11 is 0. The van der Waals surface area contributed by atoms with Gasteiger partial charge in [-0.05, 0) is 56.0 Å². The Labute approximate surface area is 202 Å². The second-order valence-electron chi connectivity index (χ2n) is 9.64. The number of anilines is 2. The highest BCUT2D eigenvalue weighted by Gasteiger charge is 2.34. The van der Waals surface area contributed by atoms with E-state index in [9.17, 15) is 9.59 Å². The molecule has 180 valence electrons. The van der Waals surface area contributed by atoms with Crippen molar-refractivity contribution in [2.24, 2.45) is 0 Å². The van der Waals surface area contributed by atoms with Crippen LogP contribution < -0.4 is 15.5 Å². The molecule has 2 fully saturated rings. The van der Waals surface area contributed by atoms with Gasteiger partial charge < -0.3 is 20.4 Å². The van der Waals surface area contributed by atoms with Gasteiger partial charge >= 0.3 is 0 Å². The van der Waals surface area contributed by atoms with Gasteiger partial charge in [0, 0.05) is 51.4 Å². The summed E-state index contributed by atoms with van der Waals surface area (Å²) in [4.78, 5) is 32.4. The van der Waals surface area contributed by atoms with Gasteiger partial charge in [-0.15, -0.1) is 0 Å². The molecule has 0 radical (unpaired) electrons. The quantitative estimate of drug-likeness (QED) is 0.621. The van der Waals surface area contributed by atoms with E-state index in [0.29, 0.717) is 12.1 Å². The van der Waals surface area contributed by atoms with Crippen molar-refractivity contribution >= 4 is 23.2 Å². The molecule has 34 heavy (non-hydrogen) atoms. The Hall–Kier alpha value is -2.90. The van der Waals surface area contributed by atoms with Crippen LogP contribution in [0.2, 0.25) is 0 Å². The zero-order valence-corrected chi connectivity index (χ0v) is 19.8. The molecule has 2 aromatic rings. The number of amides is 2. The molecule has 0 aromatic heterocycles. The van der Waals surface area contributed by atoms with Crippen LogP contribution >= 0.6 is 0 Å². The first-order valence-electron chi connectivity index (χ1n) is 12.7. The number of piperazine rings is 1. The van der Waals surface area contributed by atoms with E-state index in [1.807, 2.05) is 18.2 Å². The second kappa shape index (κ2) is 10.6. The predicted molar refractivity (Wildman–Crippen MR) is 135 cm³/mol. The van der Waals surface area contributed by atoms with Gasteiger partial charge in [0.1, 0.15) is 6.04 Å². The third kappa shape index (κ3) is 5.26. The zero-order valence-electron chi connectivity index (χ0n) is 19.8. The monoisotopic (exact) mass is 461 g/mol. The van der Waals surface area contributed by atoms with Crippen LogP contribution in [-0.2, 0) is 11.3 Å². The molecular weight excluding hydrogens is 426 g/mol.